The third-order valence-electron chi connectivity index (χ3n) is 5.23. The van der Waals surface area contributed by atoms with Crippen LogP contribution in [0.1, 0.15) is 11.4 Å². The third kappa shape index (κ3) is 5.53. The van der Waals surface area contributed by atoms with Gasteiger partial charge in [0.2, 0.25) is 12.4 Å². The number of hydrogen-bond donors (Lipinski definition) is 2. The quantitative estimate of drug-likeness (QED) is 0.169. The number of aliphatic imine (C=N–C) groups is 1. The van der Waals surface area contributed by atoms with E-state index in [0.717, 1.165) is 9.80 Å². The molecular weight excluding hydrogens is 515 g/mol. The Bertz CT molecular complexity index is 1490. The molecule has 0 saturated carbocycles. The van der Waals surface area contributed by atoms with Crippen molar-refractivity contribution < 1.29 is 22.8 Å². The summed E-state index contributed by atoms with van der Waals surface area (Å²) in [6, 6.07) is 3.26. The van der Waals surface area contributed by atoms with Crippen molar-refractivity contribution in [3.63, 3.8) is 0 Å². The molecule has 0 fully saturated rings. The predicted octanol–water partition coefficient (Wildman–Crippen LogP) is 3.44. The minimum Gasteiger partial charge on any atom is -0.324 e. The molecular formula is C22H19ClF3N9O2. The van der Waals surface area contributed by atoms with Gasteiger partial charge in [0.1, 0.15) is 18.0 Å². The molecule has 2 N–H and O–H groups in total. The van der Waals surface area contributed by atoms with Crippen molar-refractivity contribution in [3.05, 3.63) is 70.7 Å². The molecule has 3 amide bonds. The summed E-state index contributed by atoms with van der Waals surface area (Å²) in [5.74, 6) is -3.78. The molecule has 0 aliphatic carbocycles. The summed E-state index contributed by atoms with van der Waals surface area (Å²) < 4.78 is 43.6. The average Bonchev–Trinajstić information content (AvgIpc) is 3.50. The van der Waals surface area contributed by atoms with Crippen LogP contribution in [0.4, 0.5) is 23.7 Å². The second kappa shape index (κ2) is 10.7. The van der Waals surface area contributed by atoms with Gasteiger partial charge < -0.3 is 5.32 Å². The smallest absolute Gasteiger partial charge is 0.324 e. The van der Waals surface area contributed by atoms with E-state index in [1.165, 1.54) is 13.4 Å². The number of guanidine groups is 1. The van der Waals surface area contributed by atoms with Crippen LogP contribution in [-0.2, 0) is 24.9 Å². The minimum absolute atomic E-state index is 0.163. The Morgan fingerprint density at radius 1 is 1.19 bits per heavy atom. The van der Waals surface area contributed by atoms with Crippen molar-refractivity contribution >= 4 is 46.6 Å². The Morgan fingerprint density at radius 3 is 2.62 bits per heavy atom. The molecule has 15 heteroatoms. The Balaban J connectivity index is 1.72. The van der Waals surface area contributed by atoms with Crippen molar-refractivity contribution in [2.75, 3.05) is 12.4 Å². The van der Waals surface area contributed by atoms with Gasteiger partial charge in [-0.25, -0.2) is 22.9 Å². The van der Waals surface area contributed by atoms with E-state index >= 15 is 0 Å². The van der Waals surface area contributed by atoms with E-state index in [1.54, 1.807) is 30.1 Å². The fraction of sp³-hybridized carbons (Fsp3) is 0.182. The Hall–Kier alpha value is -4.46. The summed E-state index contributed by atoms with van der Waals surface area (Å²) in [5, 5.41) is 14.3. The summed E-state index contributed by atoms with van der Waals surface area (Å²) in [5.41, 5.74) is 0.567. The molecule has 11 nitrogen and oxygen atoms in total. The number of aromatic nitrogens is 5. The van der Waals surface area contributed by atoms with E-state index in [-0.39, 0.29) is 35.3 Å². The maximum atomic E-state index is 14.5. The Morgan fingerprint density at radius 2 is 1.95 bits per heavy atom. The van der Waals surface area contributed by atoms with Gasteiger partial charge in [-0.2, -0.15) is 10.2 Å². The second-order valence-electron chi connectivity index (χ2n) is 7.76. The molecule has 2 aromatic carbocycles. The van der Waals surface area contributed by atoms with E-state index < -0.39 is 30.0 Å². The highest BCUT2D eigenvalue weighted by Crippen LogP contribution is 2.28. The lowest BCUT2D eigenvalue weighted by Crippen LogP contribution is -2.47. The summed E-state index contributed by atoms with van der Waals surface area (Å²) in [6.07, 6.45) is 3.17. The maximum Gasteiger partial charge on any atom is 0.334 e. The van der Waals surface area contributed by atoms with Gasteiger partial charge in [-0.05, 0) is 18.2 Å². The standard InChI is InChI=1S/C22H19ClF3N9O2/c1-27-21(30-19-4-13-7-33(2)32-18(13)5-14(19)23)35(8-12-3-16(25)17(26)6-15(12)24)22(37)34(11-36)9-20-28-10-29-31-20/h3-7,10-11H,8-9H2,1-2H3,(H,27,30)(H,28,29,31). The van der Waals surface area contributed by atoms with Crippen LogP contribution >= 0.6 is 11.6 Å². The third-order valence-corrected chi connectivity index (χ3v) is 5.54. The highest BCUT2D eigenvalue weighted by Gasteiger charge is 2.28. The van der Waals surface area contributed by atoms with Gasteiger partial charge in [0.25, 0.3) is 0 Å². The molecule has 0 spiro atoms. The zero-order chi connectivity index (χ0) is 26.7. The largest absolute Gasteiger partial charge is 0.334 e. The van der Waals surface area contributed by atoms with Crippen LogP contribution in [-0.4, -0.2) is 60.2 Å². The number of fused-ring (bicyclic) bond motifs is 1. The lowest BCUT2D eigenvalue weighted by molar-refractivity contribution is -0.116. The summed E-state index contributed by atoms with van der Waals surface area (Å²) in [4.78, 5) is 34.8. The zero-order valence-electron chi connectivity index (χ0n) is 19.4. The van der Waals surface area contributed by atoms with Crippen molar-refractivity contribution in [3.8, 4) is 0 Å². The molecule has 0 aliphatic rings. The Kier molecular flexibility index (Phi) is 7.38. The van der Waals surface area contributed by atoms with Crippen LogP contribution in [0.25, 0.3) is 10.9 Å². The van der Waals surface area contributed by atoms with E-state index in [4.69, 9.17) is 11.6 Å². The van der Waals surface area contributed by atoms with Crippen molar-refractivity contribution in [1.82, 2.24) is 34.8 Å². The van der Waals surface area contributed by atoms with Crippen LogP contribution < -0.4 is 5.32 Å². The van der Waals surface area contributed by atoms with Crippen LogP contribution in [0, 0.1) is 17.5 Å². The molecule has 0 saturated heterocycles. The number of halogens is 4. The van der Waals surface area contributed by atoms with Crippen LogP contribution in [0.15, 0.2) is 41.8 Å². The van der Waals surface area contributed by atoms with Crippen LogP contribution in [0.2, 0.25) is 5.02 Å². The maximum absolute atomic E-state index is 14.5. The number of amides is 3. The number of nitrogens with zero attached hydrogens (tertiary/aromatic N) is 7. The van der Waals surface area contributed by atoms with Gasteiger partial charge in [-0.1, -0.05) is 11.6 Å². The van der Waals surface area contributed by atoms with Crippen molar-refractivity contribution in [2.45, 2.75) is 13.1 Å². The molecule has 37 heavy (non-hydrogen) atoms. The molecule has 4 rings (SSSR count). The lowest BCUT2D eigenvalue weighted by atomic mass is 10.2. The van der Waals surface area contributed by atoms with Gasteiger partial charge in [-0.3, -0.25) is 29.4 Å². The van der Waals surface area contributed by atoms with Crippen molar-refractivity contribution in [1.29, 1.82) is 0 Å². The lowest BCUT2D eigenvalue weighted by Gasteiger charge is -2.28. The molecule has 0 unspecified atom stereocenters. The first kappa shape index (κ1) is 25.6. The number of hydrogen-bond acceptors (Lipinski definition) is 6. The number of urea groups is 1. The average molecular weight is 534 g/mol. The molecule has 2 heterocycles. The highest BCUT2D eigenvalue weighted by molar-refractivity contribution is 6.34. The monoisotopic (exact) mass is 533 g/mol. The summed E-state index contributed by atoms with van der Waals surface area (Å²) in [7, 11) is 3.07. The number of anilines is 1. The Labute approximate surface area is 212 Å². The number of carbonyl (C=O) groups excluding carboxylic acids is 2. The van der Waals surface area contributed by atoms with Gasteiger partial charge in [0, 0.05) is 37.3 Å². The van der Waals surface area contributed by atoms with Crippen LogP contribution in [0.3, 0.4) is 0 Å². The first-order valence-corrected chi connectivity index (χ1v) is 11.0. The van der Waals surface area contributed by atoms with E-state index in [9.17, 15) is 22.8 Å². The first-order valence-electron chi connectivity index (χ1n) is 10.6. The normalized spacial score (nSPS) is 11.6. The predicted molar refractivity (Wildman–Crippen MR) is 128 cm³/mol. The minimum atomic E-state index is -1.39. The van der Waals surface area contributed by atoms with Gasteiger partial charge in [0.15, 0.2) is 11.6 Å². The fourth-order valence-corrected chi connectivity index (χ4v) is 3.70. The van der Waals surface area contributed by atoms with E-state index in [0.29, 0.717) is 28.7 Å². The SMILES string of the molecule is CN=C(Nc1cc2cn(C)nc2cc1Cl)N(Cc1cc(F)c(F)cc1F)C(=O)N(C=O)Cc1ncn[nH]1. The number of rotatable bonds is 6. The zero-order valence-corrected chi connectivity index (χ0v) is 20.2. The van der Waals surface area contributed by atoms with Crippen LogP contribution in [0.5, 0.6) is 0 Å². The number of benzene rings is 2. The highest BCUT2D eigenvalue weighted by atomic mass is 35.5. The number of aryl methyl sites for hydroxylation is 1. The summed E-state index contributed by atoms with van der Waals surface area (Å²) in [6.45, 7) is -0.923. The fourth-order valence-electron chi connectivity index (χ4n) is 3.49. The topological polar surface area (TPSA) is 124 Å². The molecule has 192 valence electrons. The molecule has 0 atom stereocenters. The molecule has 2 aromatic heterocycles. The van der Waals surface area contributed by atoms with Crippen molar-refractivity contribution in [2.24, 2.45) is 12.0 Å². The molecule has 4 aromatic rings. The molecule has 0 radical (unpaired) electrons. The molecule has 0 aliphatic heterocycles. The number of carbonyl (C=O) groups is 2. The first-order chi connectivity index (χ1) is 17.7. The van der Waals surface area contributed by atoms with E-state index in [1.807, 2.05) is 0 Å². The van der Waals surface area contributed by atoms with E-state index in [2.05, 4.69) is 30.6 Å². The molecule has 0 bridgehead atoms. The second-order valence-corrected chi connectivity index (χ2v) is 8.16. The van der Waals surface area contributed by atoms with Gasteiger partial charge in [-0.15, -0.1) is 0 Å². The number of nitrogens with one attached hydrogen (secondary N) is 2. The van der Waals surface area contributed by atoms with Gasteiger partial charge in [0.05, 0.1) is 29.3 Å². The van der Waals surface area contributed by atoms with Gasteiger partial charge >= 0.3 is 6.03 Å². The number of aromatic amines is 1. The number of imide groups is 1. The summed E-state index contributed by atoms with van der Waals surface area (Å²) >= 11 is 6.40. The number of H-pyrrole nitrogens is 1.